The highest BCUT2D eigenvalue weighted by Crippen LogP contribution is 2.35. The second-order valence-corrected chi connectivity index (χ2v) is 5.37. The van der Waals surface area contributed by atoms with Crippen molar-refractivity contribution in [3.8, 4) is 5.75 Å². The monoisotopic (exact) mass is 353 g/mol. The van der Waals surface area contributed by atoms with Crippen LogP contribution in [0.1, 0.15) is 21.5 Å². The van der Waals surface area contributed by atoms with Gasteiger partial charge in [0, 0.05) is 12.7 Å². The fraction of sp³-hybridized carbons (Fsp3) is 0.278. The minimum absolute atomic E-state index is 0.0440. The van der Waals surface area contributed by atoms with Gasteiger partial charge in [-0.05, 0) is 37.3 Å². The van der Waals surface area contributed by atoms with Crippen LogP contribution in [0, 0.1) is 6.92 Å². The zero-order valence-corrected chi connectivity index (χ0v) is 13.8. The van der Waals surface area contributed by atoms with Crippen LogP contribution >= 0.6 is 0 Å². The Bertz CT molecular complexity index is 745. The van der Waals surface area contributed by atoms with E-state index in [1.165, 1.54) is 13.2 Å². The summed E-state index contributed by atoms with van der Waals surface area (Å²) in [5.41, 5.74) is 0.303. The van der Waals surface area contributed by atoms with E-state index in [0.717, 1.165) is 17.7 Å². The number of methoxy groups -OCH3 is 1. The molecular weight excluding hydrogens is 335 g/mol. The third-order valence-corrected chi connectivity index (χ3v) is 3.38. The Hall–Kier alpha value is -2.54. The van der Waals surface area contributed by atoms with Gasteiger partial charge in [-0.15, -0.1) is 0 Å². The summed E-state index contributed by atoms with van der Waals surface area (Å²) in [5, 5.41) is 2.49. The first-order valence-electron chi connectivity index (χ1n) is 7.52. The number of benzene rings is 2. The van der Waals surface area contributed by atoms with Crippen molar-refractivity contribution in [1.29, 1.82) is 0 Å². The number of amides is 1. The zero-order chi connectivity index (χ0) is 18.4. The number of aryl methyl sites for hydroxylation is 1. The highest BCUT2D eigenvalue weighted by molar-refractivity contribution is 6.05. The van der Waals surface area contributed by atoms with Gasteiger partial charge in [-0.25, -0.2) is 0 Å². The van der Waals surface area contributed by atoms with Gasteiger partial charge in [0.05, 0.1) is 17.9 Å². The maximum absolute atomic E-state index is 12.9. The molecule has 0 aliphatic heterocycles. The zero-order valence-electron chi connectivity index (χ0n) is 13.8. The average molecular weight is 353 g/mol. The number of hydrogen-bond acceptors (Lipinski definition) is 3. The molecule has 134 valence electrons. The van der Waals surface area contributed by atoms with Gasteiger partial charge in [-0.1, -0.05) is 17.7 Å². The molecule has 0 radical (unpaired) electrons. The number of anilines is 1. The van der Waals surface area contributed by atoms with Crippen molar-refractivity contribution in [2.24, 2.45) is 0 Å². The number of rotatable bonds is 6. The van der Waals surface area contributed by atoms with Crippen LogP contribution in [0.2, 0.25) is 0 Å². The van der Waals surface area contributed by atoms with E-state index in [1.807, 2.05) is 13.0 Å². The smallest absolute Gasteiger partial charge is 0.416 e. The van der Waals surface area contributed by atoms with Gasteiger partial charge in [0.25, 0.3) is 5.91 Å². The average Bonchev–Trinajstić information content (AvgIpc) is 2.55. The van der Waals surface area contributed by atoms with Gasteiger partial charge in [0.15, 0.2) is 0 Å². The van der Waals surface area contributed by atoms with Crippen LogP contribution in [0.25, 0.3) is 0 Å². The molecule has 0 aliphatic rings. The lowest BCUT2D eigenvalue weighted by Crippen LogP contribution is -2.15. The van der Waals surface area contributed by atoms with E-state index in [9.17, 15) is 18.0 Å². The summed E-state index contributed by atoms with van der Waals surface area (Å²) >= 11 is 0. The Kier molecular flexibility index (Phi) is 6.03. The number of hydrogen-bond donors (Lipinski definition) is 1. The van der Waals surface area contributed by atoms with Crippen molar-refractivity contribution < 1.29 is 27.4 Å². The predicted octanol–water partition coefficient (Wildman–Crippen LogP) is 4.29. The number of carbonyl (C=O) groups excluding carboxylic acids is 1. The van der Waals surface area contributed by atoms with Crippen molar-refractivity contribution in [2.75, 3.05) is 25.6 Å². The van der Waals surface area contributed by atoms with Crippen molar-refractivity contribution in [1.82, 2.24) is 0 Å². The van der Waals surface area contributed by atoms with E-state index < -0.39 is 17.6 Å². The first-order valence-corrected chi connectivity index (χ1v) is 7.52. The van der Waals surface area contributed by atoms with E-state index in [4.69, 9.17) is 9.47 Å². The molecule has 25 heavy (non-hydrogen) atoms. The highest BCUT2D eigenvalue weighted by Gasteiger charge is 2.31. The lowest BCUT2D eigenvalue weighted by atomic mass is 10.1. The molecule has 0 aliphatic carbocycles. The van der Waals surface area contributed by atoms with E-state index >= 15 is 0 Å². The summed E-state index contributed by atoms with van der Waals surface area (Å²) in [4.78, 5) is 12.3. The van der Waals surface area contributed by atoms with Crippen LogP contribution in [0.3, 0.4) is 0 Å². The molecule has 0 spiro atoms. The third-order valence-electron chi connectivity index (χ3n) is 3.38. The third kappa shape index (κ3) is 5.22. The van der Waals surface area contributed by atoms with Crippen molar-refractivity contribution in [3.05, 3.63) is 59.2 Å². The van der Waals surface area contributed by atoms with E-state index in [0.29, 0.717) is 5.56 Å². The molecule has 2 aromatic rings. The molecule has 0 saturated carbocycles. The number of halogens is 3. The molecule has 0 aromatic heterocycles. The Morgan fingerprint density at radius 3 is 2.52 bits per heavy atom. The molecule has 0 unspecified atom stereocenters. The summed E-state index contributed by atoms with van der Waals surface area (Å²) in [6.45, 7) is 2.24. The molecule has 2 rings (SSSR count). The van der Waals surface area contributed by atoms with Gasteiger partial charge in [0.2, 0.25) is 0 Å². The fourth-order valence-corrected chi connectivity index (χ4v) is 2.15. The molecule has 0 heterocycles. The summed E-state index contributed by atoms with van der Waals surface area (Å²) in [5.74, 6) is -0.370. The topological polar surface area (TPSA) is 47.6 Å². The minimum Gasteiger partial charge on any atom is -0.489 e. The number of carbonyl (C=O) groups is 1. The largest absolute Gasteiger partial charge is 0.489 e. The molecule has 0 saturated heterocycles. The molecule has 1 amide bonds. The van der Waals surface area contributed by atoms with Crippen molar-refractivity contribution >= 4 is 11.6 Å². The maximum atomic E-state index is 12.9. The minimum atomic E-state index is -4.52. The van der Waals surface area contributed by atoms with E-state index in [-0.39, 0.29) is 24.7 Å². The second kappa shape index (κ2) is 8.02. The van der Waals surface area contributed by atoms with Crippen LogP contribution in [-0.2, 0) is 10.9 Å². The van der Waals surface area contributed by atoms with Crippen molar-refractivity contribution in [3.63, 3.8) is 0 Å². The maximum Gasteiger partial charge on any atom is 0.416 e. The molecule has 0 fully saturated rings. The normalized spacial score (nSPS) is 11.2. The summed E-state index contributed by atoms with van der Waals surface area (Å²) < 4.78 is 49.1. The van der Waals surface area contributed by atoms with Crippen LogP contribution < -0.4 is 10.1 Å². The number of nitrogens with one attached hydrogen (secondary N) is 1. The second-order valence-electron chi connectivity index (χ2n) is 5.37. The molecule has 4 nitrogen and oxygen atoms in total. The predicted molar refractivity (Wildman–Crippen MR) is 87.9 cm³/mol. The lowest BCUT2D eigenvalue weighted by molar-refractivity contribution is -0.137. The first-order chi connectivity index (χ1) is 11.8. The van der Waals surface area contributed by atoms with Gasteiger partial charge < -0.3 is 14.8 Å². The van der Waals surface area contributed by atoms with Gasteiger partial charge in [-0.2, -0.15) is 13.2 Å². The lowest BCUT2D eigenvalue weighted by Gasteiger charge is -2.15. The fourth-order valence-electron chi connectivity index (χ4n) is 2.15. The molecule has 0 atom stereocenters. The SMILES string of the molecule is COCCOc1ccc(C(F)(F)F)cc1NC(=O)c1cccc(C)c1. The first kappa shape index (κ1) is 18.8. The van der Waals surface area contributed by atoms with E-state index in [1.54, 1.807) is 18.2 Å². The molecule has 7 heteroatoms. The van der Waals surface area contributed by atoms with Crippen LogP contribution in [-0.4, -0.2) is 26.2 Å². The number of ether oxygens (including phenoxy) is 2. The molecule has 2 aromatic carbocycles. The van der Waals surface area contributed by atoms with Crippen molar-refractivity contribution in [2.45, 2.75) is 13.1 Å². The Morgan fingerprint density at radius 1 is 1.12 bits per heavy atom. The molecule has 0 bridgehead atoms. The van der Waals surface area contributed by atoms with Gasteiger partial charge in [-0.3, -0.25) is 4.79 Å². The standard InChI is InChI=1S/C18H18F3NO3/c1-12-4-3-5-13(10-12)17(23)22-15-11-14(18(19,20)21)6-7-16(15)25-9-8-24-2/h3-7,10-11H,8-9H2,1-2H3,(H,22,23). The summed E-state index contributed by atoms with van der Waals surface area (Å²) in [6.07, 6.45) is -4.52. The molecular formula is C18H18F3NO3. The number of alkyl halides is 3. The summed E-state index contributed by atoms with van der Waals surface area (Å²) in [7, 11) is 1.48. The van der Waals surface area contributed by atoms with Crippen LogP contribution in [0.5, 0.6) is 5.75 Å². The van der Waals surface area contributed by atoms with Gasteiger partial charge in [0.1, 0.15) is 12.4 Å². The van der Waals surface area contributed by atoms with Crippen LogP contribution in [0.15, 0.2) is 42.5 Å². The Labute approximate surface area is 143 Å². The van der Waals surface area contributed by atoms with Gasteiger partial charge >= 0.3 is 6.18 Å². The Morgan fingerprint density at radius 2 is 1.88 bits per heavy atom. The van der Waals surface area contributed by atoms with Crippen LogP contribution in [0.4, 0.5) is 18.9 Å². The summed E-state index contributed by atoms with van der Waals surface area (Å²) in [6, 6.07) is 9.70. The highest BCUT2D eigenvalue weighted by atomic mass is 19.4. The molecule has 1 N–H and O–H groups in total. The quantitative estimate of drug-likeness (QED) is 0.788. The van der Waals surface area contributed by atoms with E-state index in [2.05, 4.69) is 5.32 Å². The Balaban J connectivity index is 2.29.